The Morgan fingerprint density at radius 2 is 0.788 bits per heavy atom. The first kappa shape index (κ1) is 20.0. The molecule has 0 fully saturated rings. The molecule has 0 saturated carbocycles. The van der Waals surface area contributed by atoms with Gasteiger partial charge in [0.2, 0.25) is 0 Å². The smallest absolute Gasteiger partial charge is 0.0332 e. The molecule has 6 rings (SSSR count). The standard InChI is InChI=1S/C32H21Br/c33-32-28-19-17-25(22-10-4-1-5-11-22)20-29(28)31(24-14-8-3-9-15-24)27-18-16-26(21-30(27)32)23-12-6-2-7-13-23/h1-21H. The molecule has 1 heteroatoms. The normalized spacial score (nSPS) is 11.2. The van der Waals surface area contributed by atoms with Gasteiger partial charge >= 0.3 is 0 Å². The molecule has 0 atom stereocenters. The zero-order valence-electron chi connectivity index (χ0n) is 18.0. The zero-order chi connectivity index (χ0) is 22.2. The molecule has 0 nitrogen and oxygen atoms in total. The van der Waals surface area contributed by atoms with Crippen LogP contribution >= 0.6 is 15.9 Å². The second-order valence-corrected chi connectivity index (χ2v) is 9.10. The highest BCUT2D eigenvalue weighted by atomic mass is 79.9. The predicted molar refractivity (Wildman–Crippen MR) is 145 cm³/mol. The van der Waals surface area contributed by atoms with Crippen LogP contribution in [0.25, 0.3) is 54.9 Å². The number of fused-ring (bicyclic) bond motifs is 2. The summed E-state index contributed by atoms with van der Waals surface area (Å²) >= 11 is 3.98. The molecule has 0 aliphatic carbocycles. The molecule has 0 radical (unpaired) electrons. The second-order valence-electron chi connectivity index (χ2n) is 8.31. The van der Waals surface area contributed by atoms with Crippen molar-refractivity contribution in [3.63, 3.8) is 0 Å². The van der Waals surface area contributed by atoms with Gasteiger partial charge in [0.25, 0.3) is 0 Å². The van der Waals surface area contributed by atoms with E-state index >= 15 is 0 Å². The maximum absolute atomic E-state index is 3.98. The molecule has 0 spiro atoms. The predicted octanol–water partition coefficient (Wildman–Crippen LogP) is 9.76. The van der Waals surface area contributed by atoms with E-state index in [2.05, 4.69) is 143 Å². The average Bonchev–Trinajstić information content (AvgIpc) is 2.90. The van der Waals surface area contributed by atoms with Crippen molar-refractivity contribution in [1.29, 1.82) is 0 Å². The van der Waals surface area contributed by atoms with Gasteiger partial charge in [-0.2, -0.15) is 0 Å². The van der Waals surface area contributed by atoms with Crippen LogP contribution in [0.2, 0.25) is 0 Å². The molecule has 0 unspecified atom stereocenters. The quantitative estimate of drug-likeness (QED) is 0.219. The van der Waals surface area contributed by atoms with Crippen molar-refractivity contribution in [2.24, 2.45) is 0 Å². The van der Waals surface area contributed by atoms with Crippen molar-refractivity contribution in [1.82, 2.24) is 0 Å². The molecule has 0 bridgehead atoms. The summed E-state index contributed by atoms with van der Waals surface area (Å²) in [6.07, 6.45) is 0. The number of hydrogen-bond donors (Lipinski definition) is 0. The van der Waals surface area contributed by atoms with Crippen LogP contribution in [0.1, 0.15) is 0 Å². The summed E-state index contributed by atoms with van der Waals surface area (Å²) in [6, 6.07) is 45.6. The van der Waals surface area contributed by atoms with E-state index in [0.29, 0.717) is 0 Å². The molecule has 0 aliphatic heterocycles. The van der Waals surface area contributed by atoms with E-state index in [1.165, 1.54) is 54.9 Å². The average molecular weight is 485 g/mol. The van der Waals surface area contributed by atoms with Gasteiger partial charge in [-0.25, -0.2) is 0 Å². The molecular weight excluding hydrogens is 464 g/mol. The van der Waals surface area contributed by atoms with Crippen LogP contribution in [0.3, 0.4) is 0 Å². The molecule has 0 heterocycles. The Balaban J connectivity index is 1.70. The second kappa shape index (κ2) is 8.35. The highest BCUT2D eigenvalue weighted by molar-refractivity contribution is 9.10. The van der Waals surface area contributed by atoms with Crippen molar-refractivity contribution in [2.45, 2.75) is 0 Å². The first-order valence-electron chi connectivity index (χ1n) is 11.1. The first-order chi connectivity index (χ1) is 16.3. The fourth-order valence-electron chi connectivity index (χ4n) is 4.71. The Hall–Kier alpha value is -3.68. The molecule has 6 aromatic rings. The SMILES string of the molecule is Brc1c2cc(-c3ccccc3)ccc2c(-c2ccccc2)c2cc(-c3ccccc3)ccc12. The van der Waals surface area contributed by atoms with Crippen molar-refractivity contribution in [3.05, 3.63) is 132 Å². The van der Waals surface area contributed by atoms with Crippen molar-refractivity contribution >= 4 is 37.5 Å². The molecule has 156 valence electrons. The van der Waals surface area contributed by atoms with E-state index in [1.807, 2.05) is 0 Å². The Kier molecular flexibility index (Phi) is 5.05. The number of benzene rings is 6. The zero-order valence-corrected chi connectivity index (χ0v) is 19.6. The first-order valence-corrected chi connectivity index (χ1v) is 11.9. The summed E-state index contributed by atoms with van der Waals surface area (Å²) in [5, 5.41) is 4.97. The van der Waals surface area contributed by atoms with E-state index in [0.717, 1.165) is 4.47 Å². The lowest BCUT2D eigenvalue weighted by Gasteiger charge is -2.17. The van der Waals surface area contributed by atoms with E-state index < -0.39 is 0 Å². The van der Waals surface area contributed by atoms with Gasteiger partial charge in [-0.15, -0.1) is 0 Å². The lowest BCUT2D eigenvalue weighted by atomic mass is 9.89. The molecule has 0 N–H and O–H groups in total. The maximum Gasteiger partial charge on any atom is 0.0332 e. The lowest BCUT2D eigenvalue weighted by molar-refractivity contribution is 1.62. The topological polar surface area (TPSA) is 0 Å². The largest absolute Gasteiger partial charge is 0.0622 e. The molecule has 33 heavy (non-hydrogen) atoms. The van der Waals surface area contributed by atoms with Gasteiger partial charge in [-0.1, -0.05) is 115 Å². The van der Waals surface area contributed by atoms with E-state index in [1.54, 1.807) is 0 Å². The van der Waals surface area contributed by atoms with Crippen LogP contribution in [-0.2, 0) is 0 Å². The van der Waals surface area contributed by atoms with Crippen LogP contribution < -0.4 is 0 Å². The summed E-state index contributed by atoms with van der Waals surface area (Å²) in [4.78, 5) is 0. The molecule has 6 aromatic carbocycles. The van der Waals surface area contributed by atoms with Gasteiger partial charge in [0.1, 0.15) is 0 Å². The Bertz CT molecular complexity index is 1580. The summed E-state index contributed by atoms with van der Waals surface area (Å²) in [6.45, 7) is 0. The van der Waals surface area contributed by atoms with Crippen molar-refractivity contribution < 1.29 is 0 Å². The van der Waals surface area contributed by atoms with Gasteiger partial charge < -0.3 is 0 Å². The maximum atomic E-state index is 3.98. The molecule has 0 saturated heterocycles. The van der Waals surface area contributed by atoms with Crippen LogP contribution in [0.5, 0.6) is 0 Å². The Morgan fingerprint density at radius 3 is 1.33 bits per heavy atom. The number of hydrogen-bond acceptors (Lipinski definition) is 0. The molecule has 0 aromatic heterocycles. The van der Waals surface area contributed by atoms with Gasteiger partial charge in [-0.05, 0) is 83.0 Å². The van der Waals surface area contributed by atoms with E-state index in [-0.39, 0.29) is 0 Å². The summed E-state index contributed by atoms with van der Waals surface area (Å²) in [5.74, 6) is 0. The Morgan fingerprint density at radius 1 is 0.333 bits per heavy atom. The summed E-state index contributed by atoms with van der Waals surface area (Å²) < 4.78 is 1.14. The third-order valence-electron chi connectivity index (χ3n) is 6.33. The number of rotatable bonds is 3. The minimum atomic E-state index is 1.14. The minimum Gasteiger partial charge on any atom is -0.0622 e. The van der Waals surface area contributed by atoms with Crippen molar-refractivity contribution in [2.75, 3.05) is 0 Å². The van der Waals surface area contributed by atoms with E-state index in [9.17, 15) is 0 Å². The third kappa shape index (κ3) is 3.55. The highest BCUT2D eigenvalue weighted by Crippen LogP contribution is 2.44. The van der Waals surface area contributed by atoms with Crippen LogP contribution in [-0.4, -0.2) is 0 Å². The fraction of sp³-hybridized carbons (Fsp3) is 0. The lowest BCUT2D eigenvalue weighted by Crippen LogP contribution is -1.90. The van der Waals surface area contributed by atoms with Crippen LogP contribution in [0.4, 0.5) is 0 Å². The van der Waals surface area contributed by atoms with Crippen LogP contribution in [0.15, 0.2) is 132 Å². The molecule has 0 amide bonds. The summed E-state index contributed by atoms with van der Waals surface area (Å²) in [7, 11) is 0. The Labute approximate surface area is 202 Å². The van der Waals surface area contributed by atoms with Crippen LogP contribution in [0, 0.1) is 0 Å². The van der Waals surface area contributed by atoms with Gasteiger partial charge in [0, 0.05) is 4.47 Å². The monoisotopic (exact) mass is 484 g/mol. The number of halogens is 1. The van der Waals surface area contributed by atoms with Crippen molar-refractivity contribution in [3.8, 4) is 33.4 Å². The van der Waals surface area contributed by atoms with Gasteiger partial charge in [-0.3, -0.25) is 0 Å². The summed E-state index contributed by atoms with van der Waals surface area (Å²) in [5.41, 5.74) is 7.43. The molecule has 0 aliphatic rings. The fourth-order valence-corrected chi connectivity index (χ4v) is 5.39. The van der Waals surface area contributed by atoms with Gasteiger partial charge in [0.05, 0.1) is 0 Å². The third-order valence-corrected chi connectivity index (χ3v) is 7.18. The van der Waals surface area contributed by atoms with Gasteiger partial charge in [0.15, 0.2) is 0 Å². The highest BCUT2D eigenvalue weighted by Gasteiger charge is 2.16. The molecular formula is C32H21Br. The minimum absolute atomic E-state index is 1.14. The van der Waals surface area contributed by atoms with E-state index in [4.69, 9.17) is 0 Å².